The van der Waals surface area contributed by atoms with Gasteiger partial charge in [0.1, 0.15) is 5.76 Å². The number of furan rings is 1. The van der Waals surface area contributed by atoms with Crippen LogP contribution in [-0.2, 0) is 4.79 Å². The topological polar surface area (TPSA) is 49.1 Å². The highest BCUT2D eigenvalue weighted by Crippen LogP contribution is 2.33. The van der Waals surface area contributed by atoms with Crippen molar-refractivity contribution in [2.75, 3.05) is 23.0 Å². The van der Waals surface area contributed by atoms with Crippen LogP contribution in [0.3, 0.4) is 0 Å². The van der Waals surface area contributed by atoms with E-state index in [4.69, 9.17) is 4.42 Å². The van der Waals surface area contributed by atoms with E-state index in [9.17, 15) is 18.0 Å². The molecule has 0 N–H and O–H groups in total. The first-order valence-electron chi connectivity index (χ1n) is 8.47. The Morgan fingerprint density at radius 2 is 1.78 bits per heavy atom. The van der Waals surface area contributed by atoms with E-state index >= 15 is 0 Å². The predicted octanol–water partition coefficient (Wildman–Crippen LogP) is 4.47. The number of benzene rings is 1. The van der Waals surface area contributed by atoms with Crippen LogP contribution in [0.4, 0.5) is 24.7 Å². The van der Waals surface area contributed by atoms with Gasteiger partial charge in [-0.3, -0.25) is 4.79 Å². The molecule has 1 aliphatic heterocycles. The molecule has 27 heavy (non-hydrogen) atoms. The Morgan fingerprint density at radius 1 is 1.11 bits per heavy atom. The highest BCUT2D eigenvalue weighted by molar-refractivity contribution is 6.34. The third-order valence-corrected chi connectivity index (χ3v) is 4.12. The highest BCUT2D eigenvalue weighted by atomic mass is 19.4. The predicted molar refractivity (Wildman–Crippen MR) is 97.7 cm³/mol. The van der Waals surface area contributed by atoms with Crippen LogP contribution in [0.1, 0.15) is 19.6 Å². The van der Waals surface area contributed by atoms with E-state index in [0.29, 0.717) is 19.0 Å². The van der Waals surface area contributed by atoms with Crippen molar-refractivity contribution in [1.29, 1.82) is 0 Å². The monoisotopic (exact) mass is 377 g/mol. The summed E-state index contributed by atoms with van der Waals surface area (Å²) >= 11 is 0. The summed E-state index contributed by atoms with van der Waals surface area (Å²) in [4.78, 5) is 14.5. The minimum Gasteiger partial charge on any atom is -0.441 e. The van der Waals surface area contributed by atoms with Gasteiger partial charge in [0.2, 0.25) is 0 Å². The van der Waals surface area contributed by atoms with Crippen molar-refractivity contribution in [2.45, 2.75) is 20.0 Å². The van der Waals surface area contributed by atoms with Gasteiger partial charge < -0.3 is 9.32 Å². The van der Waals surface area contributed by atoms with Crippen molar-refractivity contribution < 1.29 is 22.4 Å². The zero-order chi connectivity index (χ0) is 19.6. The van der Waals surface area contributed by atoms with Crippen LogP contribution < -0.4 is 9.91 Å². The van der Waals surface area contributed by atoms with Gasteiger partial charge in [-0.1, -0.05) is 18.2 Å². The van der Waals surface area contributed by atoms with Crippen molar-refractivity contribution in [3.8, 4) is 0 Å². The molecule has 1 aromatic carbocycles. The van der Waals surface area contributed by atoms with E-state index in [1.54, 1.807) is 24.3 Å². The van der Waals surface area contributed by atoms with Crippen LogP contribution in [0.25, 0.3) is 6.08 Å². The highest BCUT2D eigenvalue weighted by Gasteiger charge is 2.47. The Bertz CT molecular complexity index is 881. The van der Waals surface area contributed by atoms with E-state index in [1.165, 1.54) is 18.2 Å². The lowest BCUT2D eigenvalue weighted by molar-refractivity contribution is -0.114. The SMILES string of the molecule is CCN(CC)c1ccc(/C=C2\C(=O)N(c3ccccc3)N=C2C(F)(F)F)o1. The summed E-state index contributed by atoms with van der Waals surface area (Å²) < 4.78 is 45.9. The maximum Gasteiger partial charge on any atom is 0.435 e. The molecule has 3 rings (SSSR count). The number of para-hydroxylation sites is 1. The van der Waals surface area contributed by atoms with Crippen LogP contribution in [0.2, 0.25) is 0 Å². The van der Waals surface area contributed by atoms with E-state index in [2.05, 4.69) is 5.10 Å². The van der Waals surface area contributed by atoms with E-state index in [1.807, 2.05) is 18.7 Å². The Labute approximate surface area is 154 Å². The summed E-state index contributed by atoms with van der Waals surface area (Å²) in [5, 5.41) is 4.27. The van der Waals surface area contributed by atoms with E-state index in [-0.39, 0.29) is 11.4 Å². The quantitative estimate of drug-likeness (QED) is 0.722. The van der Waals surface area contributed by atoms with Crippen molar-refractivity contribution in [2.24, 2.45) is 5.10 Å². The second-order valence-corrected chi connectivity index (χ2v) is 5.81. The number of alkyl halides is 3. The molecule has 0 fully saturated rings. The van der Waals surface area contributed by atoms with Crippen molar-refractivity contribution in [3.05, 3.63) is 53.8 Å². The number of hydrogen-bond acceptors (Lipinski definition) is 4. The van der Waals surface area contributed by atoms with Gasteiger partial charge >= 0.3 is 6.18 Å². The molecular weight excluding hydrogens is 359 g/mol. The number of halogens is 3. The Balaban J connectivity index is 1.99. The third kappa shape index (κ3) is 3.74. The summed E-state index contributed by atoms with van der Waals surface area (Å²) in [6.45, 7) is 5.26. The second-order valence-electron chi connectivity index (χ2n) is 5.81. The van der Waals surface area contributed by atoms with Crippen LogP contribution in [0, 0.1) is 0 Å². The number of anilines is 2. The molecule has 1 aliphatic rings. The normalized spacial score (nSPS) is 16.2. The summed E-state index contributed by atoms with van der Waals surface area (Å²) in [5.74, 6) is -0.163. The van der Waals surface area contributed by atoms with Gasteiger partial charge in [-0.25, -0.2) is 0 Å². The standard InChI is InChI=1S/C19H18F3N3O2/c1-3-24(4-2)16-11-10-14(27-16)12-15-17(19(20,21)22)23-25(18(15)26)13-8-6-5-7-9-13/h5-12H,3-4H2,1-2H3/b15-12-. The van der Waals surface area contributed by atoms with Gasteiger partial charge in [-0.05, 0) is 38.1 Å². The molecule has 2 aromatic rings. The molecule has 0 aliphatic carbocycles. The molecule has 0 unspecified atom stereocenters. The number of hydrogen-bond donors (Lipinski definition) is 0. The molecule has 0 saturated carbocycles. The average Bonchev–Trinajstić information content (AvgIpc) is 3.22. The molecule has 2 heterocycles. The van der Waals surface area contributed by atoms with Gasteiger partial charge in [-0.15, -0.1) is 0 Å². The largest absolute Gasteiger partial charge is 0.441 e. The minimum absolute atomic E-state index is 0.159. The molecule has 0 spiro atoms. The summed E-state index contributed by atoms with van der Waals surface area (Å²) in [7, 11) is 0. The number of hydrazone groups is 1. The second kappa shape index (κ2) is 7.30. The fourth-order valence-electron chi connectivity index (χ4n) is 2.77. The summed E-state index contributed by atoms with van der Waals surface area (Å²) in [6, 6.07) is 11.2. The van der Waals surface area contributed by atoms with Crippen LogP contribution >= 0.6 is 0 Å². The molecule has 0 radical (unpaired) electrons. The zero-order valence-corrected chi connectivity index (χ0v) is 14.8. The summed E-state index contributed by atoms with van der Waals surface area (Å²) in [6.07, 6.45) is -3.68. The number of nitrogens with zero attached hydrogens (tertiary/aromatic N) is 3. The summed E-state index contributed by atoms with van der Waals surface area (Å²) in [5.41, 5.74) is -1.53. The van der Waals surface area contributed by atoms with Crippen molar-refractivity contribution in [1.82, 2.24) is 0 Å². The Morgan fingerprint density at radius 3 is 2.37 bits per heavy atom. The molecule has 8 heteroatoms. The lowest BCUT2D eigenvalue weighted by Crippen LogP contribution is -2.25. The first-order valence-corrected chi connectivity index (χ1v) is 8.47. The van der Waals surface area contributed by atoms with Gasteiger partial charge in [0, 0.05) is 19.2 Å². The van der Waals surface area contributed by atoms with E-state index in [0.717, 1.165) is 11.1 Å². The molecule has 5 nitrogen and oxygen atoms in total. The number of carbonyl (C=O) groups excluding carboxylic acids is 1. The van der Waals surface area contributed by atoms with E-state index < -0.39 is 23.4 Å². The molecular formula is C19H18F3N3O2. The molecule has 0 atom stereocenters. The fraction of sp³-hybridized carbons (Fsp3) is 0.263. The molecule has 0 saturated heterocycles. The maximum atomic E-state index is 13.4. The molecule has 1 aromatic heterocycles. The number of rotatable bonds is 5. The Kier molecular flexibility index (Phi) is 5.07. The number of amides is 1. The van der Waals surface area contributed by atoms with Crippen LogP contribution in [0.5, 0.6) is 0 Å². The minimum atomic E-state index is -4.76. The van der Waals surface area contributed by atoms with Gasteiger partial charge in [0.05, 0.1) is 11.3 Å². The smallest absolute Gasteiger partial charge is 0.435 e. The lowest BCUT2D eigenvalue weighted by atomic mass is 10.1. The maximum absolute atomic E-state index is 13.4. The van der Waals surface area contributed by atoms with Crippen molar-refractivity contribution >= 4 is 29.3 Å². The first kappa shape index (κ1) is 18.8. The first-order chi connectivity index (χ1) is 12.8. The zero-order valence-electron chi connectivity index (χ0n) is 14.8. The average molecular weight is 377 g/mol. The van der Waals surface area contributed by atoms with Crippen molar-refractivity contribution in [3.63, 3.8) is 0 Å². The third-order valence-electron chi connectivity index (χ3n) is 4.12. The van der Waals surface area contributed by atoms with Gasteiger partial charge in [-0.2, -0.15) is 23.3 Å². The van der Waals surface area contributed by atoms with Gasteiger partial charge in [0.25, 0.3) is 5.91 Å². The lowest BCUT2D eigenvalue weighted by Gasteiger charge is -2.16. The van der Waals surface area contributed by atoms with Crippen LogP contribution in [0.15, 0.2) is 57.6 Å². The molecule has 142 valence electrons. The van der Waals surface area contributed by atoms with Crippen LogP contribution in [-0.4, -0.2) is 30.9 Å². The molecule has 1 amide bonds. The number of carbonyl (C=O) groups is 1. The Hall–Kier alpha value is -3.03. The molecule has 0 bridgehead atoms. The fourth-order valence-corrected chi connectivity index (χ4v) is 2.77. The van der Waals surface area contributed by atoms with Gasteiger partial charge in [0.15, 0.2) is 11.6 Å².